The summed E-state index contributed by atoms with van der Waals surface area (Å²) in [6.45, 7) is 0. The van der Waals surface area contributed by atoms with Crippen LogP contribution in [0.5, 0.6) is 0 Å². The van der Waals surface area contributed by atoms with Gasteiger partial charge in [0.1, 0.15) is 17.5 Å². The molecule has 0 aromatic carbocycles. The van der Waals surface area contributed by atoms with E-state index in [-0.39, 0.29) is 11.4 Å². The van der Waals surface area contributed by atoms with Crippen LogP contribution in [0.1, 0.15) is 9.67 Å². The van der Waals surface area contributed by atoms with Crippen LogP contribution in [0.2, 0.25) is 0 Å². The summed E-state index contributed by atoms with van der Waals surface area (Å²) in [6.07, 6.45) is 3.01. The van der Waals surface area contributed by atoms with Gasteiger partial charge in [-0.3, -0.25) is 4.79 Å². The minimum atomic E-state index is -0.282. The van der Waals surface area contributed by atoms with Gasteiger partial charge in [0.15, 0.2) is 0 Å². The van der Waals surface area contributed by atoms with Crippen molar-refractivity contribution >= 4 is 22.9 Å². The van der Waals surface area contributed by atoms with E-state index >= 15 is 0 Å². The van der Waals surface area contributed by atoms with Crippen LogP contribution in [0.25, 0.3) is 0 Å². The molecule has 0 fully saturated rings. The number of Topliss-reactive ketones (excluding diaryl/α,β-unsaturated/α-hetero) is 1. The van der Waals surface area contributed by atoms with E-state index in [1.165, 1.54) is 17.5 Å². The zero-order valence-electron chi connectivity index (χ0n) is 9.33. The molecule has 88 valence electrons. The number of hydrogen-bond donors (Lipinski definition) is 1. The highest BCUT2D eigenvalue weighted by atomic mass is 32.1. The normalized spacial score (nSPS) is 10.7. The average Bonchev–Trinajstić information content (AvgIpc) is 2.94. The fraction of sp³-hybridized carbons (Fsp3) is 0. The summed E-state index contributed by atoms with van der Waals surface area (Å²) in [4.78, 5) is 16.5. The second kappa shape index (κ2) is 5.75. The molecule has 18 heavy (non-hydrogen) atoms. The van der Waals surface area contributed by atoms with Crippen LogP contribution >= 0.6 is 11.3 Å². The topological polar surface area (TPSA) is 65.8 Å². The first-order valence-electron chi connectivity index (χ1n) is 5.17. The van der Waals surface area contributed by atoms with E-state index in [9.17, 15) is 4.79 Å². The molecule has 0 saturated heterocycles. The largest absolute Gasteiger partial charge is 0.345 e. The van der Waals surface area contributed by atoms with Crippen molar-refractivity contribution in [2.75, 3.05) is 5.32 Å². The fourth-order valence-electron chi connectivity index (χ4n) is 1.28. The summed E-state index contributed by atoms with van der Waals surface area (Å²) in [6, 6.07) is 10.7. The quantitative estimate of drug-likeness (QED) is 0.518. The number of nitrogens with zero attached hydrogens (tertiary/aromatic N) is 2. The lowest BCUT2D eigenvalue weighted by molar-refractivity contribution is 0.104. The van der Waals surface area contributed by atoms with Gasteiger partial charge in [0.05, 0.1) is 4.88 Å². The van der Waals surface area contributed by atoms with Gasteiger partial charge in [-0.15, -0.1) is 11.3 Å². The molecule has 0 aliphatic rings. The number of nitrogens with one attached hydrogen (secondary N) is 1. The molecule has 2 rings (SSSR count). The Labute approximate surface area is 108 Å². The van der Waals surface area contributed by atoms with Crippen molar-refractivity contribution in [2.24, 2.45) is 0 Å². The van der Waals surface area contributed by atoms with E-state index in [1.807, 2.05) is 12.1 Å². The highest BCUT2D eigenvalue weighted by molar-refractivity contribution is 7.12. The van der Waals surface area contributed by atoms with Crippen LogP contribution in [0.15, 0.2) is 53.7 Å². The highest BCUT2D eigenvalue weighted by Crippen LogP contribution is 2.14. The number of aromatic nitrogens is 1. The molecule has 5 heteroatoms. The molecule has 0 aliphatic carbocycles. The number of allylic oxidation sites excluding steroid dienone is 1. The van der Waals surface area contributed by atoms with Crippen LogP contribution in [0.3, 0.4) is 0 Å². The minimum absolute atomic E-state index is 0.0584. The number of carbonyl (C=O) groups is 1. The van der Waals surface area contributed by atoms with E-state index in [2.05, 4.69) is 10.3 Å². The van der Waals surface area contributed by atoms with Gasteiger partial charge in [0.25, 0.3) is 0 Å². The summed E-state index contributed by atoms with van der Waals surface area (Å²) < 4.78 is 0. The molecule has 2 aromatic rings. The Morgan fingerprint density at radius 3 is 2.89 bits per heavy atom. The molecule has 0 spiro atoms. The molecule has 1 N–H and O–H groups in total. The number of anilines is 1. The lowest BCUT2D eigenvalue weighted by atomic mass is 10.2. The lowest BCUT2D eigenvalue weighted by Gasteiger charge is -1.99. The zero-order valence-corrected chi connectivity index (χ0v) is 10.1. The van der Waals surface area contributed by atoms with Crippen LogP contribution in [-0.4, -0.2) is 10.8 Å². The third-order valence-corrected chi connectivity index (χ3v) is 3.01. The van der Waals surface area contributed by atoms with E-state index in [4.69, 9.17) is 5.26 Å². The number of nitriles is 1. The van der Waals surface area contributed by atoms with Gasteiger partial charge in [-0.25, -0.2) is 4.98 Å². The second-order valence-electron chi connectivity index (χ2n) is 3.34. The van der Waals surface area contributed by atoms with E-state index in [0.717, 1.165) is 0 Å². The first-order valence-corrected chi connectivity index (χ1v) is 6.05. The van der Waals surface area contributed by atoms with Gasteiger partial charge < -0.3 is 5.32 Å². The minimum Gasteiger partial charge on any atom is -0.345 e. The van der Waals surface area contributed by atoms with Crippen LogP contribution < -0.4 is 5.32 Å². The van der Waals surface area contributed by atoms with Crippen LogP contribution in [0.4, 0.5) is 5.82 Å². The molecule has 2 heterocycles. The average molecular weight is 255 g/mol. The summed E-state index contributed by atoms with van der Waals surface area (Å²) >= 11 is 1.31. The number of carbonyl (C=O) groups excluding carboxylic acids is 1. The van der Waals surface area contributed by atoms with Gasteiger partial charge >= 0.3 is 0 Å². The number of ketones is 1. The van der Waals surface area contributed by atoms with Crippen molar-refractivity contribution in [3.63, 3.8) is 0 Å². The summed E-state index contributed by atoms with van der Waals surface area (Å²) in [5.41, 5.74) is 0.0584. The Bertz CT molecular complexity index is 597. The molecule has 0 bridgehead atoms. The zero-order chi connectivity index (χ0) is 12.8. The molecule has 0 saturated carbocycles. The predicted molar refractivity (Wildman–Crippen MR) is 70.2 cm³/mol. The smallest absolute Gasteiger partial charge is 0.214 e. The van der Waals surface area contributed by atoms with E-state index < -0.39 is 0 Å². The summed E-state index contributed by atoms with van der Waals surface area (Å²) in [5, 5.41) is 13.6. The Balaban J connectivity index is 2.15. The first kappa shape index (κ1) is 12.0. The maximum Gasteiger partial charge on any atom is 0.214 e. The van der Waals surface area contributed by atoms with Gasteiger partial charge in [-0.05, 0) is 23.6 Å². The van der Waals surface area contributed by atoms with Gasteiger partial charge in [-0.1, -0.05) is 12.1 Å². The predicted octanol–water partition coefficient (Wildman–Crippen LogP) is 2.85. The lowest BCUT2D eigenvalue weighted by Crippen LogP contribution is -2.02. The molecule has 0 unspecified atom stereocenters. The van der Waals surface area contributed by atoms with Crippen LogP contribution in [-0.2, 0) is 0 Å². The number of thiophene rings is 1. The number of pyridine rings is 1. The molecule has 0 atom stereocenters. The Hall–Kier alpha value is -2.45. The Morgan fingerprint density at radius 1 is 1.39 bits per heavy atom. The second-order valence-corrected chi connectivity index (χ2v) is 4.28. The molecular weight excluding hydrogens is 246 g/mol. The molecule has 4 nitrogen and oxygen atoms in total. The number of hydrogen-bond acceptors (Lipinski definition) is 5. The molecular formula is C13H9N3OS. The van der Waals surface area contributed by atoms with Crippen molar-refractivity contribution in [3.8, 4) is 6.07 Å². The van der Waals surface area contributed by atoms with Crippen molar-refractivity contribution in [1.29, 1.82) is 5.26 Å². The summed E-state index contributed by atoms with van der Waals surface area (Å²) in [5.74, 6) is 0.306. The highest BCUT2D eigenvalue weighted by Gasteiger charge is 2.12. The Kier molecular flexibility index (Phi) is 3.84. The maximum atomic E-state index is 11.9. The first-order chi connectivity index (χ1) is 8.81. The molecule has 0 radical (unpaired) electrons. The molecule has 0 amide bonds. The fourth-order valence-corrected chi connectivity index (χ4v) is 1.96. The SMILES string of the molecule is N#CC(=CNc1ccccn1)C(=O)c1cccs1. The summed E-state index contributed by atoms with van der Waals surface area (Å²) in [7, 11) is 0. The van der Waals surface area contributed by atoms with Crippen molar-refractivity contribution in [1.82, 2.24) is 4.98 Å². The van der Waals surface area contributed by atoms with Crippen molar-refractivity contribution < 1.29 is 4.79 Å². The van der Waals surface area contributed by atoms with E-state index in [0.29, 0.717) is 10.7 Å². The van der Waals surface area contributed by atoms with Gasteiger partial charge in [0, 0.05) is 12.4 Å². The monoisotopic (exact) mass is 255 g/mol. The van der Waals surface area contributed by atoms with Crippen molar-refractivity contribution in [2.45, 2.75) is 0 Å². The standard InChI is InChI=1S/C13H9N3OS/c14-8-10(13(17)11-4-3-7-18-11)9-16-12-5-1-2-6-15-12/h1-7,9H,(H,15,16). The van der Waals surface area contributed by atoms with Crippen molar-refractivity contribution in [3.05, 3.63) is 58.6 Å². The number of rotatable bonds is 4. The van der Waals surface area contributed by atoms with Gasteiger partial charge in [-0.2, -0.15) is 5.26 Å². The molecule has 2 aromatic heterocycles. The Morgan fingerprint density at radius 2 is 2.28 bits per heavy atom. The third kappa shape index (κ3) is 2.81. The third-order valence-electron chi connectivity index (χ3n) is 2.14. The molecule has 0 aliphatic heterocycles. The van der Waals surface area contributed by atoms with Gasteiger partial charge in [0.2, 0.25) is 5.78 Å². The maximum absolute atomic E-state index is 11.9. The van der Waals surface area contributed by atoms with E-state index in [1.54, 1.807) is 35.8 Å². The van der Waals surface area contributed by atoms with Crippen LogP contribution in [0, 0.1) is 11.3 Å².